The second kappa shape index (κ2) is 7.08. The number of hydrogen-bond donors (Lipinski definition) is 2. The number of likely N-dealkylation sites (N-methyl/N-ethyl adjacent to an activating group) is 2. The highest BCUT2D eigenvalue weighted by Crippen LogP contribution is 2.08. The first-order valence-corrected chi connectivity index (χ1v) is 6.29. The third kappa shape index (κ3) is 4.43. The highest BCUT2D eigenvalue weighted by molar-refractivity contribution is 7.80. The molecule has 3 N–H and O–H groups in total. The third-order valence-corrected chi connectivity index (χ3v) is 2.95. The van der Waals surface area contributed by atoms with Crippen LogP contribution in [0.25, 0.3) is 0 Å². The fourth-order valence-electron chi connectivity index (χ4n) is 1.64. The second-order valence-corrected chi connectivity index (χ2v) is 4.48. The molecule has 98 valence electrons. The van der Waals surface area contributed by atoms with Crippen LogP contribution in [0.15, 0.2) is 24.3 Å². The monoisotopic (exact) mass is 265 g/mol. The van der Waals surface area contributed by atoms with Gasteiger partial charge in [0.25, 0.3) is 0 Å². The van der Waals surface area contributed by atoms with Crippen molar-refractivity contribution in [2.45, 2.75) is 13.5 Å². The Morgan fingerprint density at radius 1 is 1.50 bits per heavy atom. The van der Waals surface area contributed by atoms with E-state index in [9.17, 15) is 4.79 Å². The maximum absolute atomic E-state index is 11.4. The van der Waals surface area contributed by atoms with Crippen molar-refractivity contribution in [3.63, 3.8) is 0 Å². The van der Waals surface area contributed by atoms with Gasteiger partial charge in [0.05, 0.1) is 6.54 Å². The summed E-state index contributed by atoms with van der Waals surface area (Å²) in [5.74, 6) is 0.0161. The first kappa shape index (κ1) is 14.6. The fourth-order valence-corrected chi connectivity index (χ4v) is 1.77. The van der Waals surface area contributed by atoms with Crippen molar-refractivity contribution >= 4 is 23.1 Å². The van der Waals surface area contributed by atoms with E-state index in [1.807, 2.05) is 31.2 Å². The lowest BCUT2D eigenvalue weighted by atomic mass is 10.1. The van der Waals surface area contributed by atoms with E-state index < -0.39 is 0 Å². The number of carbonyl (C=O) groups is 1. The van der Waals surface area contributed by atoms with Crippen molar-refractivity contribution in [2.24, 2.45) is 5.73 Å². The van der Waals surface area contributed by atoms with Crippen molar-refractivity contribution in [3.05, 3.63) is 35.4 Å². The highest BCUT2D eigenvalue weighted by atomic mass is 32.1. The number of thiocarbonyl (C=S) groups is 1. The molecule has 0 bridgehead atoms. The highest BCUT2D eigenvalue weighted by Gasteiger charge is 2.08. The Morgan fingerprint density at radius 2 is 2.22 bits per heavy atom. The van der Waals surface area contributed by atoms with Gasteiger partial charge in [-0.05, 0) is 18.2 Å². The lowest BCUT2D eigenvalue weighted by Gasteiger charge is -2.19. The molecule has 1 aromatic rings. The summed E-state index contributed by atoms with van der Waals surface area (Å²) in [6, 6.07) is 7.79. The molecular formula is C13H19N3OS. The predicted molar refractivity (Wildman–Crippen MR) is 77.3 cm³/mol. The minimum absolute atomic E-state index is 0.0161. The minimum atomic E-state index is 0.0161. The average molecular weight is 265 g/mol. The summed E-state index contributed by atoms with van der Waals surface area (Å²) in [5, 5.41) is 2.62. The molecule has 0 aliphatic rings. The second-order valence-electron chi connectivity index (χ2n) is 4.04. The van der Waals surface area contributed by atoms with Crippen LogP contribution in [-0.4, -0.2) is 35.9 Å². The van der Waals surface area contributed by atoms with E-state index in [1.54, 1.807) is 7.05 Å². The standard InChI is InChI=1S/C13H19N3OS/c1-3-16(9-12(17)15-2)8-10-5-4-6-11(7-10)13(14)18/h4-7H,3,8-9H2,1-2H3,(H2,14,18)(H,15,17). The van der Waals surface area contributed by atoms with Gasteiger partial charge in [0.15, 0.2) is 0 Å². The number of nitrogens with one attached hydrogen (secondary N) is 1. The molecule has 0 aliphatic heterocycles. The van der Waals surface area contributed by atoms with Crippen LogP contribution in [0.1, 0.15) is 18.1 Å². The number of benzene rings is 1. The van der Waals surface area contributed by atoms with Crippen LogP contribution in [0.4, 0.5) is 0 Å². The molecule has 0 fully saturated rings. The Bertz CT molecular complexity index is 434. The molecule has 0 radical (unpaired) electrons. The van der Waals surface area contributed by atoms with E-state index in [0.29, 0.717) is 18.1 Å². The summed E-state index contributed by atoms with van der Waals surface area (Å²) in [6.45, 7) is 3.94. The van der Waals surface area contributed by atoms with Crippen molar-refractivity contribution in [2.75, 3.05) is 20.1 Å². The first-order valence-electron chi connectivity index (χ1n) is 5.88. The molecular weight excluding hydrogens is 246 g/mol. The van der Waals surface area contributed by atoms with Crippen LogP contribution in [0, 0.1) is 0 Å². The molecule has 0 saturated carbocycles. The minimum Gasteiger partial charge on any atom is -0.389 e. The number of hydrogen-bond acceptors (Lipinski definition) is 3. The van der Waals surface area contributed by atoms with Gasteiger partial charge < -0.3 is 11.1 Å². The first-order chi connectivity index (χ1) is 8.56. The molecule has 1 amide bonds. The number of rotatable bonds is 6. The van der Waals surface area contributed by atoms with Gasteiger partial charge in [0.1, 0.15) is 4.99 Å². The number of amides is 1. The van der Waals surface area contributed by atoms with Crippen LogP contribution in [0.5, 0.6) is 0 Å². The number of nitrogens with two attached hydrogens (primary N) is 1. The Morgan fingerprint density at radius 3 is 2.78 bits per heavy atom. The van der Waals surface area contributed by atoms with E-state index in [0.717, 1.165) is 17.7 Å². The van der Waals surface area contributed by atoms with E-state index in [4.69, 9.17) is 18.0 Å². The molecule has 0 heterocycles. The quantitative estimate of drug-likeness (QED) is 0.750. The van der Waals surface area contributed by atoms with Gasteiger partial charge in [0.2, 0.25) is 5.91 Å². The topological polar surface area (TPSA) is 58.4 Å². The van der Waals surface area contributed by atoms with Gasteiger partial charge in [0, 0.05) is 19.2 Å². The maximum atomic E-state index is 11.4. The van der Waals surface area contributed by atoms with Crippen LogP contribution in [-0.2, 0) is 11.3 Å². The zero-order valence-electron chi connectivity index (χ0n) is 10.8. The Hall–Kier alpha value is -1.46. The summed E-state index contributed by atoms with van der Waals surface area (Å²) in [6.07, 6.45) is 0. The van der Waals surface area contributed by atoms with Gasteiger partial charge >= 0.3 is 0 Å². The third-order valence-electron chi connectivity index (χ3n) is 2.71. The predicted octanol–water partition coefficient (Wildman–Crippen LogP) is 0.889. The van der Waals surface area contributed by atoms with Gasteiger partial charge in [-0.1, -0.05) is 37.3 Å². The fraction of sp³-hybridized carbons (Fsp3) is 0.385. The zero-order chi connectivity index (χ0) is 13.5. The van der Waals surface area contributed by atoms with Crippen molar-refractivity contribution < 1.29 is 4.79 Å². The summed E-state index contributed by atoms with van der Waals surface area (Å²) >= 11 is 4.95. The maximum Gasteiger partial charge on any atom is 0.233 e. The van der Waals surface area contributed by atoms with Gasteiger partial charge in [-0.2, -0.15) is 0 Å². The Labute approximate surface area is 113 Å². The molecule has 1 rings (SSSR count). The lowest BCUT2D eigenvalue weighted by molar-refractivity contribution is -0.121. The van der Waals surface area contributed by atoms with Gasteiger partial charge in [-0.25, -0.2) is 0 Å². The summed E-state index contributed by atoms with van der Waals surface area (Å²) in [4.78, 5) is 13.8. The number of nitrogens with zero attached hydrogens (tertiary/aromatic N) is 1. The smallest absolute Gasteiger partial charge is 0.233 e. The van der Waals surface area contributed by atoms with E-state index in [1.165, 1.54) is 0 Å². The molecule has 0 atom stereocenters. The molecule has 0 aliphatic carbocycles. The normalized spacial score (nSPS) is 10.4. The molecule has 0 spiro atoms. The van der Waals surface area contributed by atoms with Crippen LogP contribution < -0.4 is 11.1 Å². The molecule has 0 saturated heterocycles. The summed E-state index contributed by atoms with van der Waals surface area (Å²) in [7, 11) is 1.64. The Balaban J connectivity index is 2.72. The Kier molecular flexibility index (Phi) is 5.74. The van der Waals surface area contributed by atoms with Crippen molar-refractivity contribution in [1.82, 2.24) is 10.2 Å². The number of carbonyl (C=O) groups excluding carboxylic acids is 1. The SMILES string of the molecule is CCN(CC(=O)NC)Cc1cccc(C(N)=S)c1. The molecule has 5 heteroatoms. The molecule has 4 nitrogen and oxygen atoms in total. The summed E-state index contributed by atoms with van der Waals surface area (Å²) in [5.41, 5.74) is 7.56. The van der Waals surface area contributed by atoms with E-state index in [-0.39, 0.29) is 5.91 Å². The van der Waals surface area contributed by atoms with Crippen molar-refractivity contribution in [3.8, 4) is 0 Å². The average Bonchev–Trinajstić information content (AvgIpc) is 2.38. The van der Waals surface area contributed by atoms with Crippen LogP contribution >= 0.6 is 12.2 Å². The van der Waals surface area contributed by atoms with Crippen LogP contribution in [0.3, 0.4) is 0 Å². The zero-order valence-corrected chi connectivity index (χ0v) is 11.6. The van der Waals surface area contributed by atoms with Gasteiger partial charge in [-0.15, -0.1) is 0 Å². The van der Waals surface area contributed by atoms with Gasteiger partial charge in [-0.3, -0.25) is 9.69 Å². The van der Waals surface area contributed by atoms with E-state index in [2.05, 4.69) is 10.2 Å². The molecule has 1 aromatic carbocycles. The summed E-state index contributed by atoms with van der Waals surface area (Å²) < 4.78 is 0. The molecule has 0 aromatic heterocycles. The van der Waals surface area contributed by atoms with Crippen LogP contribution in [0.2, 0.25) is 0 Å². The lowest BCUT2D eigenvalue weighted by Crippen LogP contribution is -2.35. The molecule has 0 unspecified atom stereocenters. The largest absolute Gasteiger partial charge is 0.389 e. The van der Waals surface area contributed by atoms with Crippen molar-refractivity contribution in [1.29, 1.82) is 0 Å². The molecule has 18 heavy (non-hydrogen) atoms. The van der Waals surface area contributed by atoms with E-state index >= 15 is 0 Å².